The third kappa shape index (κ3) is 3.31. The molecule has 2 aromatic heterocycles. The second-order valence-electron chi connectivity index (χ2n) is 4.28. The van der Waals surface area contributed by atoms with Gasteiger partial charge in [-0.15, -0.1) is 10.2 Å². The van der Waals surface area contributed by atoms with Gasteiger partial charge in [0.2, 0.25) is 0 Å². The van der Waals surface area contributed by atoms with Crippen LogP contribution in [0.15, 0.2) is 22.2 Å². The molecule has 0 radical (unpaired) electrons. The first-order valence-electron chi connectivity index (χ1n) is 5.91. The van der Waals surface area contributed by atoms with Gasteiger partial charge in [-0.05, 0) is 6.92 Å². The average molecular weight is 333 g/mol. The van der Waals surface area contributed by atoms with E-state index in [4.69, 9.17) is 15.4 Å². The molecule has 2 rings (SSSR count). The molecular formula is C11H13ClN4O4S. The van der Waals surface area contributed by atoms with Crippen LogP contribution in [0.4, 0.5) is 0 Å². The van der Waals surface area contributed by atoms with Crippen LogP contribution in [0.3, 0.4) is 0 Å². The van der Waals surface area contributed by atoms with Crippen molar-refractivity contribution in [3.8, 4) is 11.4 Å². The Morgan fingerprint density at radius 3 is 2.71 bits per heavy atom. The zero-order chi connectivity index (χ0) is 15.6. The van der Waals surface area contributed by atoms with Gasteiger partial charge in [0.15, 0.2) is 11.3 Å². The number of hydrogen-bond donors (Lipinski definition) is 1. The molecule has 0 saturated carbocycles. The Bertz CT molecular complexity index is 812. The zero-order valence-corrected chi connectivity index (χ0v) is 12.9. The lowest BCUT2D eigenvalue weighted by molar-refractivity contribution is 0.185. The number of ether oxygens (including phenoxy) is 1. The van der Waals surface area contributed by atoms with Gasteiger partial charge in [-0.1, -0.05) is 0 Å². The molecule has 21 heavy (non-hydrogen) atoms. The number of rotatable bonds is 5. The van der Waals surface area contributed by atoms with E-state index in [-0.39, 0.29) is 30.0 Å². The van der Waals surface area contributed by atoms with E-state index in [0.29, 0.717) is 5.69 Å². The molecule has 0 bridgehead atoms. The quantitative estimate of drug-likeness (QED) is 0.800. The maximum absolute atomic E-state index is 12.0. The number of methoxy groups -OCH3 is 1. The highest BCUT2D eigenvalue weighted by atomic mass is 35.7. The molecular weight excluding hydrogens is 320 g/mol. The minimum Gasteiger partial charge on any atom is -0.383 e. The lowest BCUT2D eigenvalue weighted by atomic mass is 10.2. The molecule has 0 spiro atoms. The van der Waals surface area contributed by atoms with Gasteiger partial charge in [-0.3, -0.25) is 9.36 Å². The molecule has 0 aromatic carbocycles. The van der Waals surface area contributed by atoms with Gasteiger partial charge in [0.25, 0.3) is 14.2 Å². The summed E-state index contributed by atoms with van der Waals surface area (Å²) in [5.41, 5.74) is 0.587. The number of aromatic amines is 1. The molecule has 0 fully saturated rings. The first-order chi connectivity index (χ1) is 9.84. The van der Waals surface area contributed by atoms with Crippen molar-refractivity contribution in [1.82, 2.24) is 19.7 Å². The number of aromatic nitrogens is 4. The Kier molecular flexibility index (Phi) is 4.45. The average Bonchev–Trinajstić information content (AvgIpc) is 2.79. The Morgan fingerprint density at radius 1 is 1.43 bits per heavy atom. The Morgan fingerprint density at radius 2 is 2.14 bits per heavy atom. The van der Waals surface area contributed by atoms with Crippen LogP contribution < -0.4 is 5.43 Å². The number of aryl methyl sites for hydroxylation is 1. The van der Waals surface area contributed by atoms with E-state index in [1.54, 1.807) is 6.92 Å². The Balaban J connectivity index is 2.63. The number of hydrogen-bond acceptors (Lipinski definition) is 6. The first kappa shape index (κ1) is 15.7. The molecule has 0 aliphatic heterocycles. The zero-order valence-electron chi connectivity index (χ0n) is 11.3. The fraction of sp³-hybridized carbons (Fsp3) is 0.364. The molecule has 0 aliphatic rings. The van der Waals surface area contributed by atoms with Crippen molar-refractivity contribution in [1.29, 1.82) is 0 Å². The Labute approximate surface area is 125 Å². The van der Waals surface area contributed by atoms with Gasteiger partial charge in [0, 0.05) is 35.7 Å². The number of nitrogens with one attached hydrogen (secondary N) is 1. The van der Waals surface area contributed by atoms with Gasteiger partial charge < -0.3 is 9.72 Å². The lowest BCUT2D eigenvalue weighted by Crippen LogP contribution is -2.14. The predicted octanol–water partition coefficient (Wildman–Crippen LogP) is 0.516. The van der Waals surface area contributed by atoms with E-state index < -0.39 is 14.2 Å². The summed E-state index contributed by atoms with van der Waals surface area (Å²) in [4.78, 5) is 14.9. The SMILES string of the molecule is COCCn1c(-c2c[nH]c(C)cc2=O)nnc1S(=O)(=O)Cl. The van der Waals surface area contributed by atoms with E-state index in [1.165, 1.54) is 23.9 Å². The molecule has 10 heteroatoms. The smallest absolute Gasteiger partial charge is 0.296 e. The first-order valence-corrected chi connectivity index (χ1v) is 8.22. The largest absolute Gasteiger partial charge is 0.383 e. The van der Waals surface area contributed by atoms with E-state index in [1.807, 2.05) is 0 Å². The third-order valence-electron chi connectivity index (χ3n) is 2.75. The van der Waals surface area contributed by atoms with Crippen LogP contribution >= 0.6 is 10.7 Å². The van der Waals surface area contributed by atoms with Crippen molar-refractivity contribution in [3.63, 3.8) is 0 Å². The summed E-state index contributed by atoms with van der Waals surface area (Å²) in [5.74, 6) is 0.118. The van der Waals surface area contributed by atoms with E-state index >= 15 is 0 Å². The molecule has 114 valence electrons. The highest BCUT2D eigenvalue weighted by Gasteiger charge is 2.24. The van der Waals surface area contributed by atoms with Gasteiger partial charge >= 0.3 is 0 Å². The fourth-order valence-corrected chi connectivity index (χ4v) is 2.72. The van der Waals surface area contributed by atoms with Crippen molar-refractivity contribution in [3.05, 3.63) is 28.2 Å². The van der Waals surface area contributed by atoms with Crippen LogP contribution in [0.2, 0.25) is 0 Å². The van der Waals surface area contributed by atoms with Crippen molar-refractivity contribution in [2.75, 3.05) is 13.7 Å². The van der Waals surface area contributed by atoms with E-state index in [2.05, 4.69) is 15.2 Å². The molecule has 0 atom stereocenters. The highest BCUT2D eigenvalue weighted by Crippen LogP contribution is 2.20. The highest BCUT2D eigenvalue weighted by molar-refractivity contribution is 8.13. The normalized spacial score (nSPS) is 11.8. The van der Waals surface area contributed by atoms with Crippen LogP contribution in [0.5, 0.6) is 0 Å². The number of pyridine rings is 1. The van der Waals surface area contributed by atoms with Crippen LogP contribution in [-0.4, -0.2) is 41.9 Å². The summed E-state index contributed by atoms with van der Waals surface area (Å²) in [5, 5.41) is 6.91. The number of nitrogens with zero attached hydrogens (tertiary/aromatic N) is 3. The molecule has 2 heterocycles. The van der Waals surface area contributed by atoms with Gasteiger partial charge in [-0.25, -0.2) is 8.42 Å². The topological polar surface area (TPSA) is 107 Å². The predicted molar refractivity (Wildman–Crippen MR) is 75.7 cm³/mol. The second kappa shape index (κ2) is 5.96. The van der Waals surface area contributed by atoms with Crippen LogP contribution in [0.25, 0.3) is 11.4 Å². The van der Waals surface area contributed by atoms with Crippen LogP contribution in [-0.2, 0) is 20.3 Å². The van der Waals surface area contributed by atoms with E-state index in [9.17, 15) is 13.2 Å². The molecule has 1 N–H and O–H groups in total. The van der Waals surface area contributed by atoms with Crippen LogP contribution in [0.1, 0.15) is 5.69 Å². The van der Waals surface area contributed by atoms with Crippen molar-refractivity contribution in [2.24, 2.45) is 0 Å². The standard InChI is InChI=1S/C11H13ClN4O4S/c1-7-5-9(17)8(6-13-7)10-14-15-11(21(12,18)19)16(10)3-4-20-2/h5-6H,3-4H2,1-2H3,(H,13,17). The second-order valence-corrected chi connectivity index (χ2v) is 6.74. The minimum absolute atomic E-state index is 0.118. The van der Waals surface area contributed by atoms with Gasteiger partial charge in [-0.2, -0.15) is 0 Å². The van der Waals surface area contributed by atoms with Gasteiger partial charge in [0.05, 0.1) is 18.7 Å². The van der Waals surface area contributed by atoms with Crippen molar-refractivity contribution in [2.45, 2.75) is 18.6 Å². The van der Waals surface area contributed by atoms with E-state index in [0.717, 1.165) is 0 Å². The summed E-state index contributed by atoms with van der Waals surface area (Å²) in [6.45, 7) is 2.09. The summed E-state index contributed by atoms with van der Waals surface area (Å²) in [6.07, 6.45) is 1.45. The van der Waals surface area contributed by atoms with Gasteiger partial charge in [0.1, 0.15) is 0 Å². The molecule has 8 nitrogen and oxygen atoms in total. The number of H-pyrrole nitrogens is 1. The molecule has 0 amide bonds. The minimum atomic E-state index is -4.08. The summed E-state index contributed by atoms with van der Waals surface area (Å²) < 4.78 is 29.2. The Hall–Kier alpha value is -1.71. The monoisotopic (exact) mass is 332 g/mol. The maximum atomic E-state index is 12.0. The molecule has 0 aliphatic carbocycles. The van der Waals surface area contributed by atoms with Crippen molar-refractivity contribution < 1.29 is 13.2 Å². The summed E-state index contributed by atoms with van der Waals surface area (Å²) in [6, 6.07) is 1.39. The third-order valence-corrected chi connectivity index (χ3v) is 3.90. The van der Waals surface area contributed by atoms with Crippen LogP contribution in [0, 0.1) is 6.92 Å². The molecule has 0 saturated heterocycles. The summed E-state index contributed by atoms with van der Waals surface area (Å²) >= 11 is 0. The summed E-state index contributed by atoms with van der Waals surface area (Å²) in [7, 11) is 2.72. The lowest BCUT2D eigenvalue weighted by Gasteiger charge is -2.08. The molecule has 0 unspecified atom stereocenters. The molecule has 2 aromatic rings. The number of halogens is 1. The van der Waals surface area contributed by atoms with Crippen molar-refractivity contribution >= 4 is 19.7 Å². The maximum Gasteiger partial charge on any atom is 0.296 e. The fourth-order valence-electron chi connectivity index (χ4n) is 1.80.